The van der Waals surface area contributed by atoms with Crippen molar-refractivity contribution in [2.45, 2.75) is 39.8 Å². The van der Waals surface area contributed by atoms with Crippen LogP contribution in [0.5, 0.6) is 0 Å². The van der Waals surface area contributed by atoms with E-state index in [1.165, 1.54) is 0 Å². The van der Waals surface area contributed by atoms with Crippen molar-refractivity contribution in [3.05, 3.63) is 29.6 Å². The van der Waals surface area contributed by atoms with Crippen molar-refractivity contribution in [2.24, 2.45) is 5.92 Å². The summed E-state index contributed by atoms with van der Waals surface area (Å²) in [4.78, 5) is 2.34. The van der Waals surface area contributed by atoms with E-state index in [1.807, 2.05) is 12.1 Å². The van der Waals surface area contributed by atoms with Crippen molar-refractivity contribution in [1.82, 2.24) is 5.32 Å². The van der Waals surface area contributed by atoms with Gasteiger partial charge in [-0.3, -0.25) is 0 Å². The van der Waals surface area contributed by atoms with E-state index in [0.29, 0.717) is 23.6 Å². The van der Waals surface area contributed by atoms with E-state index < -0.39 is 0 Å². The fourth-order valence-electron chi connectivity index (χ4n) is 2.58. The van der Waals surface area contributed by atoms with Gasteiger partial charge in [0.2, 0.25) is 0 Å². The lowest BCUT2D eigenvalue weighted by Crippen LogP contribution is -2.57. The Hall–Kier alpha value is -1.09. The zero-order valence-corrected chi connectivity index (χ0v) is 11.7. The smallest absolute Gasteiger partial charge is 0.128 e. The molecule has 1 aliphatic rings. The second-order valence-electron chi connectivity index (χ2n) is 5.71. The monoisotopic (exact) mass is 250 g/mol. The van der Waals surface area contributed by atoms with Crippen LogP contribution >= 0.6 is 0 Å². The number of hydrogen-bond donors (Lipinski definition) is 1. The number of rotatable bonds is 2. The first kappa shape index (κ1) is 13.3. The number of hydrogen-bond acceptors (Lipinski definition) is 2. The highest BCUT2D eigenvalue weighted by atomic mass is 19.1. The Balaban J connectivity index is 2.29. The molecule has 3 heteroatoms. The SMILES string of the molecule is Cc1ccc(N2CC(C)NCC2C(C)C)cc1F. The molecule has 2 nitrogen and oxygen atoms in total. The van der Waals surface area contributed by atoms with Gasteiger partial charge in [0.25, 0.3) is 0 Å². The van der Waals surface area contributed by atoms with Gasteiger partial charge in [0, 0.05) is 30.9 Å². The molecule has 0 amide bonds. The van der Waals surface area contributed by atoms with Crippen molar-refractivity contribution < 1.29 is 4.39 Å². The van der Waals surface area contributed by atoms with Gasteiger partial charge in [-0.15, -0.1) is 0 Å². The molecule has 2 rings (SSSR count). The quantitative estimate of drug-likeness (QED) is 0.868. The zero-order chi connectivity index (χ0) is 13.3. The summed E-state index contributed by atoms with van der Waals surface area (Å²) in [7, 11) is 0. The van der Waals surface area contributed by atoms with Crippen LogP contribution in [0.4, 0.5) is 10.1 Å². The third kappa shape index (κ3) is 2.66. The fraction of sp³-hybridized carbons (Fsp3) is 0.600. The Labute approximate surface area is 109 Å². The normalized spacial score (nSPS) is 24.7. The number of anilines is 1. The van der Waals surface area contributed by atoms with Crippen LogP contribution < -0.4 is 10.2 Å². The molecule has 2 atom stereocenters. The second kappa shape index (κ2) is 5.27. The van der Waals surface area contributed by atoms with Crippen LogP contribution in [0.2, 0.25) is 0 Å². The van der Waals surface area contributed by atoms with E-state index in [0.717, 1.165) is 18.8 Å². The summed E-state index contributed by atoms with van der Waals surface area (Å²) in [5.74, 6) is 0.440. The second-order valence-corrected chi connectivity index (χ2v) is 5.71. The molecule has 18 heavy (non-hydrogen) atoms. The first-order valence-electron chi connectivity index (χ1n) is 6.75. The van der Waals surface area contributed by atoms with Crippen LogP contribution in [0.25, 0.3) is 0 Å². The van der Waals surface area contributed by atoms with Gasteiger partial charge in [-0.05, 0) is 37.5 Å². The molecule has 1 aliphatic heterocycles. The van der Waals surface area contributed by atoms with Crippen molar-refractivity contribution in [3.8, 4) is 0 Å². The Bertz CT molecular complexity index is 417. The van der Waals surface area contributed by atoms with Crippen molar-refractivity contribution in [2.75, 3.05) is 18.0 Å². The summed E-state index contributed by atoms with van der Waals surface area (Å²) in [5, 5.41) is 3.50. The van der Waals surface area contributed by atoms with E-state index in [1.54, 1.807) is 13.0 Å². The van der Waals surface area contributed by atoms with Crippen molar-refractivity contribution >= 4 is 5.69 Å². The standard InChI is InChI=1S/C15H23FN2/c1-10(2)15-8-17-12(4)9-18(15)13-6-5-11(3)14(16)7-13/h5-7,10,12,15,17H,8-9H2,1-4H3. The molecule has 0 aliphatic carbocycles. The number of aryl methyl sites for hydroxylation is 1. The topological polar surface area (TPSA) is 15.3 Å². The van der Waals surface area contributed by atoms with Crippen LogP contribution in [0.15, 0.2) is 18.2 Å². The van der Waals surface area contributed by atoms with Gasteiger partial charge in [-0.2, -0.15) is 0 Å². The van der Waals surface area contributed by atoms with E-state index in [-0.39, 0.29) is 5.82 Å². The van der Waals surface area contributed by atoms with Gasteiger partial charge in [0.1, 0.15) is 5.82 Å². The summed E-state index contributed by atoms with van der Waals surface area (Å²) in [6, 6.07) is 6.45. The highest BCUT2D eigenvalue weighted by Crippen LogP contribution is 2.25. The summed E-state index contributed by atoms with van der Waals surface area (Å²) in [6.45, 7) is 10.3. The number of nitrogens with one attached hydrogen (secondary N) is 1. The largest absolute Gasteiger partial charge is 0.365 e. The van der Waals surface area contributed by atoms with Crippen LogP contribution in [0.1, 0.15) is 26.3 Å². The minimum atomic E-state index is -0.110. The summed E-state index contributed by atoms with van der Waals surface area (Å²) >= 11 is 0. The minimum absolute atomic E-state index is 0.110. The van der Waals surface area contributed by atoms with Gasteiger partial charge in [0.05, 0.1) is 0 Å². The lowest BCUT2D eigenvalue weighted by Gasteiger charge is -2.43. The van der Waals surface area contributed by atoms with Crippen molar-refractivity contribution in [1.29, 1.82) is 0 Å². The number of halogens is 1. The van der Waals surface area contributed by atoms with Crippen LogP contribution in [0.3, 0.4) is 0 Å². The number of nitrogens with zero attached hydrogens (tertiary/aromatic N) is 1. The van der Waals surface area contributed by atoms with E-state index in [2.05, 4.69) is 31.0 Å². The Kier molecular flexibility index (Phi) is 3.91. The molecule has 0 saturated carbocycles. The molecule has 1 heterocycles. The Morgan fingerprint density at radius 3 is 2.72 bits per heavy atom. The number of benzene rings is 1. The van der Waals surface area contributed by atoms with Gasteiger partial charge < -0.3 is 10.2 Å². The lowest BCUT2D eigenvalue weighted by molar-refractivity contribution is 0.349. The average Bonchev–Trinajstić information content (AvgIpc) is 2.32. The average molecular weight is 250 g/mol. The molecule has 1 aromatic carbocycles. The molecule has 1 fully saturated rings. The molecule has 0 aromatic heterocycles. The molecule has 100 valence electrons. The third-order valence-corrected chi connectivity index (χ3v) is 3.80. The first-order chi connectivity index (χ1) is 8.49. The molecule has 1 saturated heterocycles. The molecule has 2 unspecified atom stereocenters. The molecular formula is C15H23FN2. The maximum absolute atomic E-state index is 13.7. The predicted octanol–water partition coefficient (Wildman–Crippen LogP) is 2.96. The summed E-state index contributed by atoms with van der Waals surface area (Å²) in [6.07, 6.45) is 0. The Morgan fingerprint density at radius 1 is 1.39 bits per heavy atom. The van der Waals surface area contributed by atoms with Gasteiger partial charge in [-0.1, -0.05) is 19.9 Å². The van der Waals surface area contributed by atoms with E-state index in [4.69, 9.17) is 0 Å². The van der Waals surface area contributed by atoms with Gasteiger partial charge in [-0.25, -0.2) is 4.39 Å². The maximum Gasteiger partial charge on any atom is 0.128 e. The van der Waals surface area contributed by atoms with E-state index >= 15 is 0 Å². The van der Waals surface area contributed by atoms with E-state index in [9.17, 15) is 4.39 Å². The molecule has 0 spiro atoms. The molecule has 0 radical (unpaired) electrons. The van der Waals surface area contributed by atoms with Gasteiger partial charge in [0.15, 0.2) is 0 Å². The number of piperazine rings is 1. The molecule has 1 N–H and O–H groups in total. The highest BCUT2D eigenvalue weighted by Gasteiger charge is 2.28. The minimum Gasteiger partial charge on any atom is -0.365 e. The fourth-order valence-corrected chi connectivity index (χ4v) is 2.58. The van der Waals surface area contributed by atoms with Gasteiger partial charge >= 0.3 is 0 Å². The zero-order valence-electron chi connectivity index (χ0n) is 11.7. The molecular weight excluding hydrogens is 227 g/mol. The molecule has 0 bridgehead atoms. The van der Waals surface area contributed by atoms with Crippen LogP contribution in [-0.2, 0) is 0 Å². The summed E-state index contributed by atoms with van der Waals surface area (Å²) < 4.78 is 13.7. The third-order valence-electron chi connectivity index (χ3n) is 3.80. The highest BCUT2D eigenvalue weighted by molar-refractivity contribution is 5.50. The predicted molar refractivity (Wildman–Crippen MR) is 74.6 cm³/mol. The first-order valence-corrected chi connectivity index (χ1v) is 6.75. The van der Waals surface area contributed by atoms with Crippen LogP contribution in [0, 0.1) is 18.7 Å². The molecule has 1 aromatic rings. The summed E-state index contributed by atoms with van der Waals surface area (Å²) in [5.41, 5.74) is 1.72. The Morgan fingerprint density at radius 2 is 2.11 bits per heavy atom. The maximum atomic E-state index is 13.7. The van der Waals surface area contributed by atoms with Crippen LogP contribution in [-0.4, -0.2) is 25.2 Å². The lowest BCUT2D eigenvalue weighted by atomic mass is 9.97. The van der Waals surface area contributed by atoms with Crippen molar-refractivity contribution in [3.63, 3.8) is 0 Å².